The van der Waals surface area contributed by atoms with Crippen molar-refractivity contribution >= 4 is 11.6 Å². The third-order valence-electron chi connectivity index (χ3n) is 1.92. The number of aryl methyl sites for hydroxylation is 1. The van der Waals surface area contributed by atoms with Crippen LogP contribution in [0.15, 0.2) is 12.4 Å². The van der Waals surface area contributed by atoms with Crippen LogP contribution in [0.5, 0.6) is 0 Å². The average Bonchev–Trinajstić information content (AvgIpc) is 2.60. The summed E-state index contributed by atoms with van der Waals surface area (Å²) in [6, 6.07) is 0. The van der Waals surface area contributed by atoms with Gasteiger partial charge in [0.25, 0.3) is 0 Å². The lowest BCUT2D eigenvalue weighted by atomic mass is 10.3. The molecule has 0 saturated heterocycles. The molecule has 2 aromatic heterocycles. The zero-order chi connectivity index (χ0) is 10.1. The lowest BCUT2D eigenvalue weighted by molar-refractivity contribution is -0.256. The van der Waals surface area contributed by atoms with Crippen LogP contribution in [0.2, 0.25) is 0 Å². The van der Waals surface area contributed by atoms with E-state index in [1.54, 1.807) is 0 Å². The Bertz CT molecular complexity index is 491. The Kier molecular flexibility index (Phi) is 1.88. The molecule has 0 spiro atoms. The van der Waals surface area contributed by atoms with Gasteiger partial charge in [0.15, 0.2) is 11.5 Å². The maximum atomic E-state index is 10.6. The third-order valence-corrected chi connectivity index (χ3v) is 1.92. The van der Waals surface area contributed by atoms with Crippen molar-refractivity contribution in [2.45, 2.75) is 13.3 Å². The van der Waals surface area contributed by atoms with E-state index >= 15 is 0 Å². The molecule has 0 amide bonds. The van der Waals surface area contributed by atoms with Crippen molar-refractivity contribution in [3.63, 3.8) is 0 Å². The second-order valence-electron chi connectivity index (χ2n) is 2.73. The number of aromatic nitrogens is 4. The Labute approximate surface area is 79.2 Å². The van der Waals surface area contributed by atoms with Gasteiger partial charge in [0, 0.05) is 12.4 Å². The number of hydrogen-bond donors (Lipinski definition) is 0. The van der Waals surface area contributed by atoms with E-state index in [1.165, 1.54) is 16.8 Å². The number of fused-ring (bicyclic) bond motifs is 1. The molecule has 0 saturated carbocycles. The Balaban J connectivity index is 2.75. The minimum Gasteiger partial charge on any atom is -0.541 e. The van der Waals surface area contributed by atoms with E-state index in [0.717, 1.165) is 0 Å². The standard InChI is InChI=1S/C8H8N4O2/c1-2-5-6-10-11-7(8(13)14)12(6)4-3-9-5/h3-4H,2H2,1H3,(H,13,14)/p-1. The van der Waals surface area contributed by atoms with Crippen LogP contribution >= 0.6 is 0 Å². The molecule has 0 bridgehead atoms. The molecule has 0 aliphatic heterocycles. The maximum absolute atomic E-state index is 10.6. The van der Waals surface area contributed by atoms with Crippen LogP contribution in [0.3, 0.4) is 0 Å². The largest absolute Gasteiger partial charge is 0.541 e. The van der Waals surface area contributed by atoms with E-state index in [9.17, 15) is 9.90 Å². The van der Waals surface area contributed by atoms with Crippen LogP contribution in [0.4, 0.5) is 0 Å². The van der Waals surface area contributed by atoms with E-state index in [2.05, 4.69) is 15.2 Å². The Morgan fingerprint density at radius 3 is 3.00 bits per heavy atom. The monoisotopic (exact) mass is 191 g/mol. The normalized spacial score (nSPS) is 10.6. The quantitative estimate of drug-likeness (QED) is 0.611. The summed E-state index contributed by atoms with van der Waals surface area (Å²) in [4.78, 5) is 14.7. The summed E-state index contributed by atoms with van der Waals surface area (Å²) in [5.41, 5.74) is 1.18. The minimum absolute atomic E-state index is 0.197. The van der Waals surface area contributed by atoms with Crippen LogP contribution in [0.1, 0.15) is 23.2 Å². The van der Waals surface area contributed by atoms with Gasteiger partial charge in [0.05, 0.1) is 5.69 Å². The number of rotatable bonds is 2. The molecule has 6 nitrogen and oxygen atoms in total. The Morgan fingerprint density at radius 1 is 1.57 bits per heavy atom. The highest BCUT2D eigenvalue weighted by atomic mass is 16.4. The predicted molar refractivity (Wildman–Crippen MR) is 44.5 cm³/mol. The molecule has 0 aliphatic carbocycles. The fraction of sp³-hybridized carbons (Fsp3) is 0.250. The zero-order valence-electron chi connectivity index (χ0n) is 7.47. The second-order valence-corrected chi connectivity index (χ2v) is 2.73. The molecule has 2 rings (SSSR count). The smallest absolute Gasteiger partial charge is 0.184 e. The van der Waals surface area contributed by atoms with Gasteiger partial charge >= 0.3 is 0 Å². The predicted octanol–water partition coefficient (Wildman–Crippen LogP) is -0.950. The first-order chi connectivity index (χ1) is 6.74. The summed E-state index contributed by atoms with van der Waals surface area (Å²) in [6.07, 6.45) is 3.69. The Morgan fingerprint density at radius 2 is 2.36 bits per heavy atom. The number of hydrogen-bond acceptors (Lipinski definition) is 5. The van der Waals surface area contributed by atoms with Crippen molar-refractivity contribution in [3.8, 4) is 0 Å². The number of carbonyl (C=O) groups excluding carboxylic acids is 1. The molecule has 6 heteroatoms. The number of carboxylic acids is 1. The molecule has 2 aromatic rings. The highest BCUT2D eigenvalue weighted by Crippen LogP contribution is 2.06. The highest BCUT2D eigenvalue weighted by Gasteiger charge is 2.08. The Hall–Kier alpha value is -1.98. The summed E-state index contributed by atoms with van der Waals surface area (Å²) in [5, 5.41) is 17.9. The topological polar surface area (TPSA) is 83.2 Å². The van der Waals surface area contributed by atoms with Crippen molar-refractivity contribution < 1.29 is 9.90 Å². The molecule has 0 radical (unpaired) electrons. The fourth-order valence-electron chi connectivity index (χ4n) is 1.27. The SMILES string of the molecule is CCc1nccn2c(C(=O)[O-])nnc12. The molecule has 0 atom stereocenters. The molecular weight excluding hydrogens is 184 g/mol. The van der Waals surface area contributed by atoms with Crippen LogP contribution < -0.4 is 5.11 Å². The van der Waals surface area contributed by atoms with E-state index in [1.807, 2.05) is 6.92 Å². The number of nitrogens with zero attached hydrogens (tertiary/aromatic N) is 4. The molecule has 0 N–H and O–H groups in total. The van der Waals surface area contributed by atoms with Gasteiger partial charge in [-0.15, -0.1) is 10.2 Å². The van der Waals surface area contributed by atoms with Crippen molar-refractivity contribution in [3.05, 3.63) is 23.9 Å². The van der Waals surface area contributed by atoms with Crippen LogP contribution in [0.25, 0.3) is 5.65 Å². The molecule has 0 aromatic carbocycles. The molecule has 0 aliphatic rings. The summed E-state index contributed by atoms with van der Waals surface area (Å²) >= 11 is 0. The zero-order valence-corrected chi connectivity index (χ0v) is 7.47. The van der Waals surface area contributed by atoms with E-state index < -0.39 is 5.97 Å². The average molecular weight is 191 g/mol. The molecule has 14 heavy (non-hydrogen) atoms. The molecular formula is C8H7N4O2-. The number of carbonyl (C=O) groups is 1. The van der Waals surface area contributed by atoms with Gasteiger partial charge in [-0.1, -0.05) is 6.92 Å². The van der Waals surface area contributed by atoms with Crippen LogP contribution in [-0.4, -0.2) is 25.6 Å². The first kappa shape index (κ1) is 8.61. The van der Waals surface area contributed by atoms with Gasteiger partial charge < -0.3 is 9.90 Å². The first-order valence-electron chi connectivity index (χ1n) is 4.14. The number of aromatic carboxylic acids is 1. The highest BCUT2D eigenvalue weighted by molar-refractivity contribution is 5.82. The second kappa shape index (κ2) is 3.06. The third kappa shape index (κ3) is 1.12. The summed E-state index contributed by atoms with van der Waals surface area (Å²) < 4.78 is 1.36. The first-order valence-corrected chi connectivity index (χ1v) is 4.14. The van der Waals surface area contributed by atoms with Gasteiger partial charge in [-0.3, -0.25) is 9.38 Å². The molecule has 2 heterocycles. The van der Waals surface area contributed by atoms with Crippen LogP contribution in [0, 0.1) is 0 Å². The van der Waals surface area contributed by atoms with Crippen molar-refractivity contribution in [1.29, 1.82) is 0 Å². The van der Waals surface area contributed by atoms with Gasteiger partial charge in [0.2, 0.25) is 0 Å². The van der Waals surface area contributed by atoms with E-state index in [4.69, 9.17) is 0 Å². The van der Waals surface area contributed by atoms with E-state index in [-0.39, 0.29) is 5.82 Å². The fourth-order valence-corrected chi connectivity index (χ4v) is 1.27. The lowest BCUT2D eigenvalue weighted by Crippen LogP contribution is -2.25. The van der Waals surface area contributed by atoms with Gasteiger partial charge in [0.1, 0.15) is 5.97 Å². The van der Waals surface area contributed by atoms with Crippen molar-refractivity contribution in [2.24, 2.45) is 0 Å². The van der Waals surface area contributed by atoms with Gasteiger partial charge in [-0.25, -0.2) is 0 Å². The van der Waals surface area contributed by atoms with Gasteiger partial charge in [-0.05, 0) is 6.42 Å². The lowest BCUT2D eigenvalue weighted by Gasteiger charge is -2.00. The summed E-state index contributed by atoms with van der Waals surface area (Å²) in [7, 11) is 0. The van der Waals surface area contributed by atoms with E-state index in [0.29, 0.717) is 17.8 Å². The molecule has 0 fully saturated rings. The summed E-state index contributed by atoms with van der Waals surface area (Å²) in [6.45, 7) is 1.91. The van der Waals surface area contributed by atoms with Gasteiger partial charge in [-0.2, -0.15) is 0 Å². The molecule has 72 valence electrons. The minimum atomic E-state index is -1.34. The summed E-state index contributed by atoms with van der Waals surface area (Å²) in [5.74, 6) is -1.54. The number of carboxylic acid groups (broad SMARTS) is 1. The van der Waals surface area contributed by atoms with Crippen molar-refractivity contribution in [1.82, 2.24) is 19.6 Å². The van der Waals surface area contributed by atoms with Crippen LogP contribution in [-0.2, 0) is 6.42 Å². The maximum Gasteiger partial charge on any atom is 0.184 e. The van der Waals surface area contributed by atoms with Crippen molar-refractivity contribution in [2.75, 3.05) is 0 Å². The molecule has 0 unspecified atom stereocenters.